The second-order valence-corrected chi connectivity index (χ2v) is 13.0. The number of nitrogens with one attached hydrogen (secondary N) is 4. The number of sulfonamides is 1. The number of guanidine groups is 1. The van der Waals surface area contributed by atoms with Crippen LogP contribution in [0, 0.1) is 6.92 Å². The van der Waals surface area contributed by atoms with E-state index in [4.69, 9.17) is 16.2 Å². The number of aryl methyl sites for hydroxylation is 1. The molecule has 0 spiro atoms. The number of nitrogens with two attached hydrogens (primary N) is 2. The lowest BCUT2D eigenvalue weighted by molar-refractivity contribution is -0.145. The van der Waals surface area contributed by atoms with Crippen LogP contribution in [0.3, 0.4) is 0 Å². The van der Waals surface area contributed by atoms with Gasteiger partial charge in [0.05, 0.1) is 18.0 Å². The molecule has 1 heterocycles. The van der Waals surface area contributed by atoms with Gasteiger partial charge in [-0.15, -0.1) is 0 Å². The Hall–Kier alpha value is -5.21. The van der Waals surface area contributed by atoms with Crippen LogP contribution in [0.25, 0.3) is 10.9 Å². The molecule has 14 heteroatoms. The van der Waals surface area contributed by atoms with E-state index in [1.54, 1.807) is 18.3 Å². The Bertz CT molecular complexity index is 1840. The number of hydrogen-bond acceptors (Lipinski definition) is 8. The Morgan fingerprint density at radius 2 is 1.56 bits per heavy atom. The normalized spacial score (nSPS) is 13.7. The number of nitrogens with zero attached hydrogens (tertiary/aromatic N) is 1. The molecule has 0 aliphatic heterocycles. The molecule has 0 aliphatic rings. The van der Waals surface area contributed by atoms with Crippen LogP contribution >= 0.6 is 0 Å². The first kappa shape index (κ1) is 35.6. The van der Waals surface area contributed by atoms with Crippen molar-refractivity contribution in [1.29, 1.82) is 0 Å². The number of benzene rings is 3. The van der Waals surface area contributed by atoms with Crippen LogP contribution in [0.1, 0.15) is 29.5 Å². The summed E-state index contributed by atoms with van der Waals surface area (Å²) in [7, 11) is -2.71. The lowest BCUT2D eigenvalue weighted by Gasteiger charge is -2.23. The molecule has 0 unspecified atom stereocenters. The van der Waals surface area contributed by atoms with Crippen molar-refractivity contribution in [1.82, 2.24) is 20.3 Å². The molecular weight excluding hydrogens is 634 g/mol. The summed E-state index contributed by atoms with van der Waals surface area (Å²) in [6, 6.07) is 19.9. The number of rotatable bonds is 15. The second kappa shape index (κ2) is 16.6. The van der Waals surface area contributed by atoms with E-state index in [0.717, 1.165) is 27.6 Å². The third-order valence-electron chi connectivity index (χ3n) is 7.67. The molecule has 0 fully saturated rings. The molecule has 0 saturated heterocycles. The standard InChI is InChI=1S/C34H41N7O6S/c1-22-14-16-25(17-15-22)48(45,46)41-34(36)37-18-8-13-29(39-31(42)27(35)19-23-9-4-3-5-10-23)32(43)40-30(33(44)47-2)20-24-21-38-28-12-7-6-11-26(24)28/h3-7,9-12,14-17,21,27,29-30,38H,8,13,18-20,35H2,1-2H3,(H,39,42)(H,40,43)(H3,36,37,41)/t27-,29-,30-/m0/s1. The minimum Gasteiger partial charge on any atom is -0.467 e. The summed E-state index contributed by atoms with van der Waals surface area (Å²) < 4.78 is 32.5. The maximum atomic E-state index is 13.6. The fourth-order valence-corrected chi connectivity index (χ4v) is 6.03. The van der Waals surface area contributed by atoms with E-state index in [0.29, 0.717) is 0 Å². The SMILES string of the molecule is COC(=O)[C@H](Cc1c[nH]c2ccccc12)NC(=O)[C@H](CCCN=C(N)NS(=O)(=O)c1ccc(C)cc1)NC(=O)[C@@H](N)Cc1ccccc1. The van der Waals surface area contributed by atoms with Gasteiger partial charge in [-0.25, -0.2) is 17.9 Å². The molecule has 0 saturated carbocycles. The van der Waals surface area contributed by atoms with Crippen molar-refractivity contribution in [2.24, 2.45) is 16.5 Å². The predicted molar refractivity (Wildman–Crippen MR) is 183 cm³/mol. The lowest BCUT2D eigenvalue weighted by Crippen LogP contribution is -2.55. The predicted octanol–water partition coefficient (Wildman–Crippen LogP) is 1.80. The van der Waals surface area contributed by atoms with Crippen molar-refractivity contribution in [3.05, 3.63) is 102 Å². The van der Waals surface area contributed by atoms with Crippen LogP contribution < -0.4 is 26.8 Å². The van der Waals surface area contributed by atoms with E-state index in [2.05, 4.69) is 25.3 Å². The zero-order chi connectivity index (χ0) is 34.7. The molecule has 0 radical (unpaired) electrons. The lowest BCUT2D eigenvalue weighted by atomic mass is 10.0. The number of ether oxygens (including phenoxy) is 1. The van der Waals surface area contributed by atoms with Crippen molar-refractivity contribution >= 4 is 44.7 Å². The number of H-pyrrole nitrogens is 1. The number of methoxy groups -OCH3 is 1. The van der Waals surface area contributed by atoms with E-state index in [1.165, 1.54) is 19.2 Å². The molecule has 13 nitrogen and oxygen atoms in total. The van der Waals surface area contributed by atoms with Crippen LogP contribution in [0.15, 0.2) is 94.9 Å². The molecule has 3 atom stereocenters. The number of aromatic nitrogens is 1. The fourth-order valence-electron chi connectivity index (χ4n) is 5.08. The Kier molecular flexibility index (Phi) is 12.3. The fraction of sp³-hybridized carbons (Fsp3) is 0.294. The zero-order valence-electron chi connectivity index (χ0n) is 26.8. The van der Waals surface area contributed by atoms with Gasteiger partial charge in [0, 0.05) is 30.1 Å². The first-order valence-corrected chi connectivity index (χ1v) is 16.9. The molecule has 8 N–H and O–H groups in total. The van der Waals surface area contributed by atoms with Crippen LogP contribution in [0.5, 0.6) is 0 Å². The molecule has 254 valence electrons. The highest BCUT2D eigenvalue weighted by atomic mass is 32.2. The number of aromatic amines is 1. The highest BCUT2D eigenvalue weighted by Gasteiger charge is 2.29. The van der Waals surface area contributed by atoms with Crippen LogP contribution in [-0.4, -0.2) is 68.9 Å². The van der Waals surface area contributed by atoms with Crippen LogP contribution in [0.4, 0.5) is 0 Å². The summed E-state index contributed by atoms with van der Waals surface area (Å²) >= 11 is 0. The summed E-state index contributed by atoms with van der Waals surface area (Å²) in [5.41, 5.74) is 15.5. The zero-order valence-corrected chi connectivity index (χ0v) is 27.6. The van der Waals surface area contributed by atoms with Crippen molar-refractivity contribution in [3.8, 4) is 0 Å². The van der Waals surface area contributed by atoms with Gasteiger partial charge in [0.15, 0.2) is 0 Å². The first-order chi connectivity index (χ1) is 23.0. The van der Waals surface area contributed by atoms with Gasteiger partial charge in [-0.3, -0.25) is 14.6 Å². The number of amides is 2. The second-order valence-electron chi connectivity index (χ2n) is 11.3. The van der Waals surface area contributed by atoms with E-state index in [-0.39, 0.29) is 43.1 Å². The molecule has 3 aromatic carbocycles. The highest BCUT2D eigenvalue weighted by Crippen LogP contribution is 2.19. The van der Waals surface area contributed by atoms with Gasteiger partial charge in [-0.1, -0.05) is 66.2 Å². The monoisotopic (exact) mass is 675 g/mol. The summed E-state index contributed by atoms with van der Waals surface area (Å²) in [5, 5.41) is 6.34. The molecule has 4 rings (SSSR count). The van der Waals surface area contributed by atoms with Gasteiger partial charge in [0.25, 0.3) is 10.0 Å². The van der Waals surface area contributed by atoms with E-state index < -0.39 is 45.9 Å². The van der Waals surface area contributed by atoms with Gasteiger partial charge in [0.1, 0.15) is 12.1 Å². The topological polar surface area (TPSA) is 211 Å². The molecule has 4 aromatic rings. The summed E-state index contributed by atoms with van der Waals surface area (Å²) in [4.78, 5) is 46.9. The molecule has 0 aliphatic carbocycles. The molecule has 0 bridgehead atoms. The Labute approximate surface area is 279 Å². The molecule has 2 amide bonds. The quantitative estimate of drug-likeness (QED) is 0.0472. The van der Waals surface area contributed by atoms with Crippen molar-refractivity contribution in [3.63, 3.8) is 0 Å². The van der Waals surface area contributed by atoms with Crippen molar-refractivity contribution in [2.45, 2.75) is 55.6 Å². The number of para-hydroxylation sites is 1. The summed E-state index contributed by atoms with van der Waals surface area (Å²) in [6.07, 6.45) is 2.46. The van der Waals surface area contributed by atoms with E-state index in [9.17, 15) is 22.8 Å². The third-order valence-corrected chi connectivity index (χ3v) is 9.04. The highest BCUT2D eigenvalue weighted by molar-refractivity contribution is 7.90. The number of carbonyl (C=O) groups is 3. The van der Waals surface area contributed by atoms with Gasteiger partial charge < -0.3 is 31.8 Å². The molecular formula is C34H41N7O6S. The Morgan fingerprint density at radius 1 is 0.896 bits per heavy atom. The smallest absolute Gasteiger partial charge is 0.328 e. The van der Waals surface area contributed by atoms with E-state index in [1.807, 2.05) is 61.5 Å². The third kappa shape index (κ3) is 9.89. The summed E-state index contributed by atoms with van der Waals surface area (Å²) in [6.45, 7) is 1.87. The maximum Gasteiger partial charge on any atom is 0.328 e. The average Bonchev–Trinajstić information content (AvgIpc) is 3.48. The minimum atomic E-state index is -3.94. The van der Waals surface area contributed by atoms with Gasteiger partial charge in [-0.05, 0) is 55.5 Å². The van der Waals surface area contributed by atoms with Gasteiger partial charge in [0.2, 0.25) is 17.8 Å². The molecule has 1 aromatic heterocycles. The number of fused-ring (bicyclic) bond motifs is 1. The van der Waals surface area contributed by atoms with Gasteiger partial charge in [-0.2, -0.15) is 0 Å². The number of hydrogen-bond donors (Lipinski definition) is 6. The van der Waals surface area contributed by atoms with E-state index >= 15 is 0 Å². The maximum absolute atomic E-state index is 13.6. The Morgan fingerprint density at radius 3 is 2.27 bits per heavy atom. The summed E-state index contributed by atoms with van der Waals surface area (Å²) in [5.74, 6) is -2.16. The van der Waals surface area contributed by atoms with Crippen molar-refractivity contribution in [2.75, 3.05) is 13.7 Å². The average molecular weight is 676 g/mol. The largest absolute Gasteiger partial charge is 0.467 e. The van der Waals surface area contributed by atoms with Gasteiger partial charge >= 0.3 is 5.97 Å². The number of esters is 1. The molecule has 48 heavy (non-hydrogen) atoms. The minimum absolute atomic E-state index is 0.0327. The van der Waals surface area contributed by atoms with Crippen molar-refractivity contribution < 1.29 is 27.5 Å². The number of aliphatic imine (C=N–C) groups is 1. The number of carbonyl (C=O) groups excluding carboxylic acids is 3. The van der Waals surface area contributed by atoms with Crippen LogP contribution in [-0.2, 0) is 42.0 Å². The first-order valence-electron chi connectivity index (χ1n) is 15.4. The van der Waals surface area contributed by atoms with Crippen LogP contribution in [0.2, 0.25) is 0 Å². The Balaban J connectivity index is 1.45.